The number of carbonyl (C=O) groups is 1. The van der Waals surface area contributed by atoms with Crippen molar-refractivity contribution in [3.05, 3.63) is 24.3 Å². The maximum absolute atomic E-state index is 12.6. The van der Waals surface area contributed by atoms with E-state index in [0.29, 0.717) is 6.61 Å². The monoisotopic (exact) mass is 391 g/mol. The molecule has 1 aliphatic carbocycles. The third-order valence-electron chi connectivity index (χ3n) is 4.48. The number of halogens is 2. The Balaban J connectivity index is 0.00000288. The second-order valence-electron chi connectivity index (χ2n) is 6.97. The molecular formula is C18H31Cl2N3O2. The molecule has 1 amide bonds. The fourth-order valence-electron chi connectivity index (χ4n) is 3.03. The molecule has 1 aromatic carbocycles. The molecule has 5 nitrogen and oxygen atoms in total. The molecule has 144 valence electrons. The molecule has 2 unspecified atom stereocenters. The van der Waals surface area contributed by atoms with Gasteiger partial charge >= 0.3 is 0 Å². The lowest BCUT2D eigenvalue weighted by Gasteiger charge is -2.37. The Morgan fingerprint density at radius 3 is 2.72 bits per heavy atom. The van der Waals surface area contributed by atoms with Gasteiger partial charge in [-0.15, -0.1) is 24.8 Å². The molecule has 2 atom stereocenters. The number of anilines is 1. The lowest BCUT2D eigenvalue weighted by Crippen LogP contribution is -2.51. The highest BCUT2D eigenvalue weighted by Gasteiger charge is 2.37. The summed E-state index contributed by atoms with van der Waals surface area (Å²) in [6, 6.07) is 7.54. The molecule has 1 fully saturated rings. The van der Waals surface area contributed by atoms with E-state index in [1.165, 1.54) is 0 Å². The molecule has 1 aliphatic rings. The summed E-state index contributed by atoms with van der Waals surface area (Å²) in [6.07, 6.45) is 3.93. The number of nitrogens with one attached hydrogen (secondary N) is 1. The average Bonchev–Trinajstić information content (AvgIpc) is 2.46. The molecule has 0 heterocycles. The summed E-state index contributed by atoms with van der Waals surface area (Å²) in [5.74, 6) is 0.651. The molecule has 0 bridgehead atoms. The van der Waals surface area contributed by atoms with Crippen LogP contribution < -0.4 is 15.8 Å². The molecule has 0 saturated heterocycles. The molecule has 0 radical (unpaired) electrons. The van der Waals surface area contributed by atoms with Gasteiger partial charge in [-0.1, -0.05) is 18.9 Å². The first kappa shape index (κ1) is 24.0. The highest BCUT2D eigenvalue weighted by atomic mass is 35.5. The number of carbonyl (C=O) groups excluding carboxylic acids is 1. The zero-order valence-corrected chi connectivity index (χ0v) is 16.9. The van der Waals surface area contributed by atoms with Crippen molar-refractivity contribution in [2.24, 2.45) is 11.7 Å². The van der Waals surface area contributed by atoms with E-state index in [1.807, 2.05) is 45.3 Å². The molecule has 25 heavy (non-hydrogen) atoms. The van der Waals surface area contributed by atoms with Crippen LogP contribution >= 0.6 is 24.8 Å². The van der Waals surface area contributed by atoms with Crippen molar-refractivity contribution in [2.45, 2.75) is 38.1 Å². The van der Waals surface area contributed by atoms with E-state index >= 15 is 0 Å². The number of rotatable bonds is 6. The number of likely N-dealkylation sites (N-methyl/N-ethyl adjacent to an activating group) is 1. The number of nitrogens with zero attached hydrogens (tertiary/aromatic N) is 1. The number of hydrogen-bond donors (Lipinski definition) is 2. The largest absolute Gasteiger partial charge is 0.492 e. The molecule has 1 saturated carbocycles. The summed E-state index contributed by atoms with van der Waals surface area (Å²) in [5, 5.41) is 3.00. The Labute approximate surface area is 163 Å². The predicted molar refractivity (Wildman–Crippen MR) is 108 cm³/mol. The van der Waals surface area contributed by atoms with Crippen LogP contribution in [0.3, 0.4) is 0 Å². The summed E-state index contributed by atoms with van der Waals surface area (Å²) >= 11 is 0. The summed E-state index contributed by atoms with van der Waals surface area (Å²) < 4.78 is 5.71. The van der Waals surface area contributed by atoms with Gasteiger partial charge < -0.3 is 20.7 Å². The maximum Gasteiger partial charge on any atom is 0.229 e. The molecule has 1 aromatic rings. The second kappa shape index (κ2) is 10.9. The fourth-order valence-corrected chi connectivity index (χ4v) is 3.03. The van der Waals surface area contributed by atoms with Gasteiger partial charge in [-0.05, 0) is 46.0 Å². The SMILES string of the molecule is CN(C)CCOc1cccc(NC(=O)C2CCCCC2(C)N)c1.Cl.Cl. The van der Waals surface area contributed by atoms with Crippen LogP contribution in [0.5, 0.6) is 5.75 Å². The maximum atomic E-state index is 12.6. The van der Waals surface area contributed by atoms with Crippen molar-refractivity contribution in [3.63, 3.8) is 0 Å². The van der Waals surface area contributed by atoms with Crippen LogP contribution in [0.1, 0.15) is 32.6 Å². The van der Waals surface area contributed by atoms with Gasteiger partial charge in [-0.3, -0.25) is 4.79 Å². The lowest BCUT2D eigenvalue weighted by atomic mass is 9.74. The minimum absolute atomic E-state index is 0. The van der Waals surface area contributed by atoms with Gasteiger partial charge in [0, 0.05) is 23.8 Å². The topological polar surface area (TPSA) is 67.6 Å². The Morgan fingerprint density at radius 1 is 1.36 bits per heavy atom. The molecule has 3 N–H and O–H groups in total. The van der Waals surface area contributed by atoms with E-state index in [9.17, 15) is 4.79 Å². The van der Waals surface area contributed by atoms with E-state index in [4.69, 9.17) is 10.5 Å². The highest BCUT2D eigenvalue weighted by Crippen LogP contribution is 2.32. The summed E-state index contributed by atoms with van der Waals surface area (Å²) in [4.78, 5) is 14.6. The van der Waals surface area contributed by atoms with Crippen LogP contribution in [0, 0.1) is 5.92 Å². The minimum atomic E-state index is -0.415. The Kier molecular flexibility index (Phi) is 10.4. The molecule has 0 aromatic heterocycles. The van der Waals surface area contributed by atoms with E-state index in [2.05, 4.69) is 10.2 Å². The third-order valence-corrected chi connectivity index (χ3v) is 4.48. The first-order chi connectivity index (χ1) is 10.9. The first-order valence-corrected chi connectivity index (χ1v) is 8.36. The van der Waals surface area contributed by atoms with Crippen LogP contribution in [0.2, 0.25) is 0 Å². The zero-order valence-electron chi connectivity index (χ0n) is 15.3. The zero-order chi connectivity index (χ0) is 16.9. The van der Waals surface area contributed by atoms with E-state index in [0.717, 1.165) is 43.7 Å². The van der Waals surface area contributed by atoms with Crippen molar-refractivity contribution >= 4 is 36.4 Å². The van der Waals surface area contributed by atoms with Crippen molar-refractivity contribution in [3.8, 4) is 5.75 Å². The average molecular weight is 392 g/mol. The van der Waals surface area contributed by atoms with Crippen molar-refractivity contribution in [1.82, 2.24) is 4.90 Å². The van der Waals surface area contributed by atoms with Crippen LogP contribution in [0.15, 0.2) is 24.3 Å². The number of hydrogen-bond acceptors (Lipinski definition) is 4. The molecule has 0 aliphatic heterocycles. The standard InChI is InChI=1S/C18H29N3O2.2ClH/c1-18(19)10-5-4-9-16(18)17(22)20-14-7-6-8-15(13-14)23-12-11-21(2)3;;/h6-8,13,16H,4-5,9-12,19H2,1-3H3,(H,20,22);2*1H. The van der Waals surface area contributed by atoms with Gasteiger partial charge in [-0.2, -0.15) is 0 Å². The van der Waals surface area contributed by atoms with E-state index in [1.54, 1.807) is 0 Å². The Hall–Kier alpha value is -1.01. The van der Waals surface area contributed by atoms with E-state index in [-0.39, 0.29) is 36.6 Å². The molecule has 0 spiro atoms. The highest BCUT2D eigenvalue weighted by molar-refractivity contribution is 5.93. The van der Waals surface area contributed by atoms with Crippen molar-refractivity contribution in [2.75, 3.05) is 32.6 Å². The van der Waals surface area contributed by atoms with Crippen LogP contribution in [0.25, 0.3) is 0 Å². The molecule has 2 rings (SSSR count). The Morgan fingerprint density at radius 2 is 2.08 bits per heavy atom. The van der Waals surface area contributed by atoms with E-state index < -0.39 is 5.54 Å². The summed E-state index contributed by atoms with van der Waals surface area (Å²) in [7, 11) is 4.02. The molecular weight excluding hydrogens is 361 g/mol. The quantitative estimate of drug-likeness (QED) is 0.780. The summed E-state index contributed by atoms with van der Waals surface area (Å²) in [6.45, 7) is 3.45. The van der Waals surface area contributed by atoms with Gasteiger partial charge in [0.2, 0.25) is 5.91 Å². The van der Waals surface area contributed by atoms with Gasteiger partial charge in [0.05, 0.1) is 5.92 Å². The number of amides is 1. The second-order valence-corrected chi connectivity index (χ2v) is 6.97. The smallest absolute Gasteiger partial charge is 0.229 e. The van der Waals surface area contributed by atoms with Gasteiger partial charge in [-0.25, -0.2) is 0 Å². The van der Waals surface area contributed by atoms with Gasteiger partial charge in [0.15, 0.2) is 0 Å². The third kappa shape index (κ3) is 7.40. The number of benzene rings is 1. The van der Waals surface area contributed by atoms with Crippen LogP contribution in [0.4, 0.5) is 5.69 Å². The number of nitrogens with two attached hydrogens (primary N) is 1. The summed E-state index contributed by atoms with van der Waals surface area (Å²) in [5.41, 5.74) is 6.66. The van der Waals surface area contributed by atoms with Crippen LogP contribution in [-0.4, -0.2) is 43.6 Å². The normalized spacial score (nSPS) is 22.5. The van der Waals surface area contributed by atoms with Crippen molar-refractivity contribution < 1.29 is 9.53 Å². The predicted octanol–water partition coefficient (Wildman–Crippen LogP) is 3.32. The number of ether oxygens (including phenoxy) is 1. The molecule has 7 heteroatoms. The van der Waals surface area contributed by atoms with Gasteiger partial charge in [0.25, 0.3) is 0 Å². The van der Waals surface area contributed by atoms with Gasteiger partial charge in [0.1, 0.15) is 12.4 Å². The Bertz CT molecular complexity index is 539. The fraction of sp³-hybridized carbons (Fsp3) is 0.611. The first-order valence-electron chi connectivity index (χ1n) is 8.36. The lowest BCUT2D eigenvalue weighted by molar-refractivity contribution is -0.122. The minimum Gasteiger partial charge on any atom is -0.492 e. The van der Waals surface area contributed by atoms with Crippen molar-refractivity contribution in [1.29, 1.82) is 0 Å². The van der Waals surface area contributed by atoms with Crippen LogP contribution in [-0.2, 0) is 4.79 Å².